The van der Waals surface area contributed by atoms with Gasteiger partial charge in [0.15, 0.2) is 17.8 Å². The predicted octanol–water partition coefficient (Wildman–Crippen LogP) is 2.46. The van der Waals surface area contributed by atoms with Gasteiger partial charge in [-0.1, -0.05) is 13.8 Å². The van der Waals surface area contributed by atoms with E-state index in [-0.39, 0.29) is 0 Å². The number of piperidine rings is 1. The number of rotatable bonds is 2. The predicted molar refractivity (Wildman–Crippen MR) is 89.1 cm³/mol. The summed E-state index contributed by atoms with van der Waals surface area (Å²) in [7, 11) is 0. The third-order valence-corrected chi connectivity index (χ3v) is 3.93. The molecule has 1 aliphatic rings. The van der Waals surface area contributed by atoms with E-state index in [2.05, 4.69) is 15.4 Å². The van der Waals surface area contributed by atoms with E-state index in [0.717, 1.165) is 37.2 Å². The SMILES string of the molecule is CC.Nc1cc(C2CCCNC2)nc2c(-c3cnco3)cnn12. The molecule has 1 saturated heterocycles. The molecule has 1 atom stereocenters. The Morgan fingerprint density at radius 3 is 2.91 bits per heavy atom. The number of aromatic nitrogens is 4. The van der Waals surface area contributed by atoms with Crippen LogP contribution in [0.1, 0.15) is 38.3 Å². The maximum atomic E-state index is 6.12. The highest BCUT2D eigenvalue weighted by Gasteiger charge is 2.20. The van der Waals surface area contributed by atoms with Crippen molar-refractivity contribution in [2.45, 2.75) is 32.6 Å². The summed E-state index contributed by atoms with van der Waals surface area (Å²) in [6.07, 6.45) is 7.05. The summed E-state index contributed by atoms with van der Waals surface area (Å²) in [6.45, 7) is 6.01. The Kier molecular flexibility index (Phi) is 4.57. The highest BCUT2D eigenvalue weighted by Crippen LogP contribution is 2.28. The molecule has 0 amide bonds. The molecule has 0 saturated carbocycles. The largest absolute Gasteiger partial charge is 0.443 e. The second kappa shape index (κ2) is 6.78. The van der Waals surface area contributed by atoms with Crippen LogP contribution in [0.5, 0.6) is 0 Å². The molecular weight excluding hydrogens is 292 g/mol. The number of nitrogens with two attached hydrogens (primary N) is 1. The molecule has 7 nitrogen and oxygen atoms in total. The van der Waals surface area contributed by atoms with Gasteiger partial charge >= 0.3 is 0 Å². The molecule has 1 fully saturated rings. The van der Waals surface area contributed by atoms with E-state index < -0.39 is 0 Å². The van der Waals surface area contributed by atoms with Crippen LogP contribution >= 0.6 is 0 Å². The summed E-state index contributed by atoms with van der Waals surface area (Å²) < 4.78 is 6.99. The summed E-state index contributed by atoms with van der Waals surface area (Å²) >= 11 is 0. The van der Waals surface area contributed by atoms with Crippen LogP contribution in [0.25, 0.3) is 17.0 Å². The first-order valence-corrected chi connectivity index (χ1v) is 8.06. The van der Waals surface area contributed by atoms with Crippen molar-refractivity contribution in [1.82, 2.24) is 24.9 Å². The van der Waals surface area contributed by atoms with Crippen molar-refractivity contribution in [3.63, 3.8) is 0 Å². The molecule has 0 spiro atoms. The van der Waals surface area contributed by atoms with Gasteiger partial charge in [0.2, 0.25) is 0 Å². The average Bonchev–Trinajstić information content (AvgIpc) is 3.26. The van der Waals surface area contributed by atoms with Gasteiger partial charge in [0, 0.05) is 18.5 Å². The maximum Gasteiger partial charge on any atom is 0.181 e. The average molecular weight is 314 g/mol. The fourth-order valence-electron chi connectivity index (χ4n) is 2.84. The van der Waals surface area contributed by atoms with E-state index in [1.165, 1.54) is 6.39 Å². The zero-order valence-corrected chi connectivity index (χ0v) is 13.5. The molecule has 0 aromatic carbocycles. The maximum absolute atomic E-state index is 6.12. The van der Waals surface area contributed by atoms with Gasteiger partial charge in [-0.25, -0.2) is 9.97 Å². The number of hydrogen-bond acceptors (Lipinski definition) is 6. The van der Waals surface area contributed by atoms with E-state index >= 15 is 0 Å². The Balaban J connectivity index is 0.000000753. The molecule has 3 aromatic heterocycles. The summed E-state index contributed by atoms with van der Waals surface area (Å²) in [6, 6.07) is 1.92. The highest BCUT2D eigenvalue weighted by molar-refractivity contribution is 5.74. The Labute approximate surface area is 134 Å². The fourth-order valence-corrected chi connectivity index (χ4v) is 2.84. The number of nitrogens with one attached hydrogen (secondary N) is 1. The minimum atomic E-state index is 0.392. The standard InChI is InChI=1S/C14H16N6O.C2H6/c15-13-4-11(9-2-1-3-16-5-9)19-14-10(6-18-20(13)14)12-7-17-8-21-12;1-2/h4,6-9,16H,1-3,5,15H2;1-2H3. The quantitative estimate of drug-likeness (QED) is 0.754. The van der Waals surface area contributed by atoms with Gasteiger partial charge in [0.1, 0.15) is 5.82 Å². The van der Waals surface area contributed by atoms with Gasteiger partial charge in [-0.05, 0) is 19.4 Å². The minimum Gasteiger partial charge on any atom is -0.443 e. The van der Waals surface area contributed by atoms with Gasteiger partial charge in [0.05, 0.1) is 23.7 Å². The first-order chi connectivity index (χ1) is 11.3. The van der Waals surface area contributed by atoms with Gasteiger partial charge in [-0.2, -0.15) is 9.61 Å². The van der Waals surface area contributed by atoms with Gasteiger partial charge < -0.3 is 15.5 Å². The van der Waals surface area contributed by atoms with E-state index in [4.69, 9.17) is 15.1 Å². The Hall–Kier alpha value is -2.41. The monoisotopic (exact) mass is 314 g/mol. The number of nitrogens with zero attached hydrogens (tertiary/aromatic N) is 4. The second-order valence-electron chi connectivity index (χ2n) is 5.31. The molecule has 0 aliphatic carbocycles. The van der Waals surface area contributed by atoms with E-state index in [1.807, 2.05) is 19.9 Å². The van der Waals surface area contributed by atoms with E-state index in [0.29, 0.717) is 23.1 Å². The van der Waals surface area contributed by atoms with Crippen LogP contribution < -0.4 is 11.1 Å². The molecule has 4 heterocycles. The van der Waals surface area contributed by atoms with E-state index in [1.54, 1.807) is 16.9 Å². The number of fused-ring (bicyclic) bond motifs is 1. The molecule has 23 heavy (non-hydrogen) atoms. The molecule has 3 aromatic rings. The molecule has 1 aliphatic heterocycles. The van der Waals surface area contributed by atoms with Crippen LogP contribution in [0.2, 0.25) is 0 Å². The first-order valence-electron chi connectivity index (χ1n) is 8.06. The van der Waals surface area contributed by atoms with Crippen molar-refractivity contribution >= 4 is 11.5 Å². The van der Waals surface area contributed by atoms with Crippen LogP contribution in [0.4, 0.5) is 5.82 Å². The zero-order valence-electron chi connectivity index (χ0n) is 13.5. The summed E-state index contributed by atoms with van der Waals surface area (Å²) in [5.74, 6) is 1.63. The lowest BCUT2D eigenvalue weighted by Gasteiger charge is -2.22. The number of oxazole rings is 1. The topological polar surface area (TPSA) is 94.3 Å². The highest BCUT2D eigenvalue weighted by atomic mass is 16.3. The zero-order chi connectivity index (χ0) is 16.2. The van der Waals surface area contributed by atoms with Crippen molar-refractivity contribution in [2.24, 2.45) is 0 Å². The summed E-state index contributed by atoms with van der Waals surface area (Å²) in [5, 5.41) is 7.69. The van der Waals surface area contributed by atoms with Crippen molar-refractivity contribution in [2.75, 3.05) is 18.8 Å². The number of hydrogen-bond donors (Lipinski definition) is 2. The van der Waals surface area contributed by atoms with Crippen LogP contribution in [-0.2, 0) is 0 Å². The van der Waals surface area contributed by atoms with Gasteiger partial charge in [-0.15, -0.1) is 0 Å². The Morgan fingerprint density at radius 1 is 1.35 bits per heavy atom. The first kappa shape index (κ1) is 15.5. The molecule has 0 bridgehead atoms. The minimum absolute atomic E-state index is 0.392. The van der Waals surface area contributed by atoms with Crippen molar-refractivity contribution in [3.8, 4) is 11.3 Å². The fraction of sp³-hybridized carbons (Fsp3) is 0.438. The van der Waals surface area contributed by atoms with Crippen molar-refractivity contribution in [1.29, 1.82) is 0 Å². The van der Waals surface area contributed by atoms with Crippen molar-refractivity contribution in [3.05, 3.63) is 30.5 Å². The Bertz CT molecular complexity index is 758. The van der Waals surface area contributed by atoms with Crippen LogP contribution in [0.15, 0.2) is 29.3 Å². The van der Waals surface area contributed by atoms with E-state index in [9.17, 15) is 0 Å². The van der Waals surface area contributed by atoms with Crippen LogP contribution in [-0.4, -0.2) is 32.7 Å². The van der Waals surface area contributed by atoms with Crippen LogP contribution in [0.3, 0.4) is 0 Å². The molecular formula is C16H22N6O. The lowest BCUT2D eigenvalue weighted by Crippen LogP contribution is -2.29. The number of anilines is 1. The lowest BCUT2D eigenvalue weighted by molar-refractivity contribution is 0.455. The molecule has 4 rings (SSSR count). The lowest BCUT2D eigenvalue weighted by atomic mass is 9.96. The third-order valence-electron chi connectivity index (χ3n) is 3.93. The number of nitrogen functional groups attached to an aromatic ring is 1. The molecule has 122 valence electrons. The smallest absolute Gasteiger partial charge is 0.181 e. The van der Waals surface area contributed by atoms with Crippen molar-refractivity contribution < 1.29 is 4.42 Å². The van der Waals surface area contributed by atoms with Gasteiger partial charge in [-0.3, -0.25) is 0 Å². The molecule has 7 heteroatoms. The second-order valence-corrected chi connectivity index (χ2v) is 5.31. The summed E-state index contributed by atoms with van der Waals surface area (Å²) in [5.41, 5.74) is 8.66. The Morgan fingerprint density at radius 2 is 2.22 bits per heavy atom. The molecule has 0 radical (unpaired) electrons. The van der Waals surface area contributed by atoms with Crippen LogP contribution in [0, 0.1) is 0 Å². The van der Waals surface area contributed by atoms with Gasteiger partial charge in [0.25, 0.3) is 0 Å². The molecule has 3 N–H and O–H groups in total. The normalized spacial score (nSPS) is 17.7. The summed E-state index contributed by atoms with van der Waals surface area (Å²) in [4.78, 5) is 8.72. The molecule has 1 unspecified atom stereocenters. The third kappa shape index (κ3) is 2.92.